The summed E-state index contributed by atoms with van der Waals surface area (Å²) in [4.78, 5) is 11.4. The van der Waals surface area contributed by atoms with Crippen molar-refractivity contribution in [1.82, 2.24) is 5.32 Å². The Morgan fingerprint density at radius 1 is 1.17 bits per heavy atom. The minimum absolute atomic E-state index is 0.145. The van der Waals surface area contributed by atoms with E-state index in [0.29, 0.717) is 19.5 Å². The first-order valence-electron chi connectivity index (χ1n) is 6.43. The summed E-state index contributed by atoms with van der Waals surface area (Å²) in [5.74, 6) is 0.145. The van der Waals surface area contributed by atoms with Gasteiger partial charge in [0.1, 0.15) is 0 Å². The predicted molar refractivity (Wildman–Crippen MR) is 83.4 cm³/mol. The number of unbranched alkanes of at least 4 members (excludes halogenated alkanes) is 1. The second-order valence-corrected chi connectivity index (χ2v) is 5.57. The fraction of sp³-hybridized carbons (Fsp3) is 0.500. The van der Waals surface area contributed by atoms with Crippen molar-refractivity contribution in [2.45, 2.75) is 32.1 Å². The average Bonchev–Trinajstić information content (AvgIpc) is 2.37. The molecule has 0 aromatic heterocycles. The van der Waals surface area contributed by atoms with Gasteiger partial charge in [0.15, 0.2) is 0 Å². The lowest BCUT2D eigenvalue weighted by Gasteiger charge is -2.04. The summed E-state index contributed by atoms with van der Waals surface area (Å²) < 4.78 is 1.26. The van der Waals surface area contributed by atoms with Gasteiger partial charge in [-0.25, -0.2) is 0 Å². The molecular weight excluding hydrogens is 339 g/mol. The lowest BCUT2D eigenvalue weighted by Crippen LogP contribution is -2.25. The minimum atomic E-state index is 0.145. The van der Waals surface area contributed by atoms with Gasteiger partial charge in [0, 0.05) is 16.5 Å². The molecule has 0 atom stereocenters. The number of carbonyl (C=O) groups excluding carboxylic acids is 1. The molecule has 0 unspecified atom stereocenters. The van der Waals surface area contributed by atoms with E-state index < -0.39 is 0 Å². The second kappa shape index (κ2) is 9.33. The highest BCUT2D eigenvalue weighted by molar-refractivity contribution is 14.1. The molecule has 0 heterocycles. The van der Waals surface area contributed by atoms with E-state index in [9.17, 15) is 4.79 Å². The van der Waals surface area contributed by atoms with Gasteiger partial charge in [0.25, 0.3) is 0 Å². The van der Waals surface area contributed by atoms with Crippen LogP contribution in [-0.2, 0) is 11.2 Å². The third kappa shape index (κ3) is 6.96. The van der Waals surface area contributed by atoms with Crippen LogP contribution in [-0.4, -0.2) is 19.0 Å². The quantitative estimate of drug-likeness (QED) is 0.553. The van der Waals surface area contributed by atoms with Gasteiger partial charge >= 0.3 is 0 Å². The zero-order valence-corrected chi connectivity index (χ0v) is 12.8. The highest BCUT2D eigenvalue weighted by Gasteiger charge is 2.00. The summed E-state index contributed by atoms with van der Waals surface area (Å²) in [6.45, 7) is 1.33. The summed E-state index contributed by atoms with van der Waals surface area (Å²) in [7, 11) is 0. The molecule has 1 aromatic rings. The minimum Gasteiger partial charge on any atom is -0.356 e. The Balaban J connectivity index is 2.07. The topological polar surface area (TPSA) is 55.1 Å². The SMILES string of the molecule is NCCCNC(=O)CCCCc1ccc(I)cc1. The number of benzene rings is 1. The smallest absolute Gasteiger partial charge is 0.219 e. The van der Waals surface area contributed by atoms with Gasteiger partial charge in [0.2, 0.25) is 5.91 Å². The number of halogens is 1. The van der Waals surface area contributed by atoms with E-state index in [1.165, 1.54) is 9.13 Å². The highest BCUT2D eigenvalue weighted by atomic mass is 127. The van der Waals surface area contributed by atoms with Crippen molar-refractivity contribution < 1.29 is 4.79 Å². The van der Waals surface area contributed by atoms with Crippen molar-refractivity contribution in [3.05, 3.63) is 33.4 Å². The van der Waals surface area contributed by atoms with Crippen LogP contribution in [0.15, 0.2) is 24.3 Å². The van der Waals surface area contributed by atoms with Gasteiger partial charge in [-0.05, 0) is 72.5 Å². The van der Waals surface area contributed by atoms with Crippen molar-refractivity contribution in [3.8, 4) is 0 Å². The molecule has 1 aromatic carbocycles. The predicted octanol–water partition coefficient (Wildman–Crippen LogP) is 2.47. The first-order valence-corrected chi connectivity index (χ1v) is 7.51. The first-order chi connectivity index (χ1) is 8.72. The van der Waals surface area contributed by atoms with Crippen LogP contribution in [0.5, 0.6) is 0 Å². The van der Waals surface area contributed by atoms with Crippen LogP contribution in [0.1, 0.15) is 31.2 Å². The van der Waals surface area contributed by atoms with Crippen LogP contribution in [0.4, 0.5) is 0 Å². The molecule has 0 saturated heterocycles. The standard InChI is InChI=1S/C14H21IN2O/c15-13-8-6-12(7-9-13)4-1-2-5-14(18)17-11-3-10-16/h6-9H,1-5,10-11,16H2,(H,17,18). The third-order valence-corrected chi connectivity index (χ3v) is 3.45. The maximum atomic E-state index is 11.4. The molecule has 0 bridgehead atoms. The average molecular weight is 360 g/mol. The highest BCUT2D eigenvalue weighted by Crippen LogP contribution is 2.10. The zero-order chi connectivity index (χ0) is 13.2. The summed E-state index contributed by atoms with van der Waals surface area (Å²) in [5, 5.41) is 2.87. The Bertz CT molecular complexity index is 351. The van der Waals surface area contributed by atoms with Gasteiger partial charge in [-0.1, -0.05) is 12.1 Å². The molecule has 0 aliphatic heterocycles. The Kier molecular flexibility index (Phi) is 8.00. The molecule has 3 N–H and O–H groups in total. The van der Waals surface area contributed by atoms with Gasteiger partial charge in [-0.3, -0.25) is 4.79 Å². The molecule has 0 fully saturated rings. The molecule has 1 amide bonds. The van der Waals surface area contributed by atoms with Gasteiger partial charge in [-0.15, -0.1) is 0 Å². The van der Waals surface area contributed by atoms with E-state index in [2.05, 4.69) is 52.2 Å². The Hall–Kier alpha value is -0.620. The summed E-state index contributed by atoms with van der Waals surface area (Å²) in [5.41, 5.74) is 6.71. The molecule has 3 nitrogen and oxygen atoms in total. The van der Waals surface area contributed by atoms with Crippen LogP contribution in [0.25, 0.3) is 0 Å². The third-order valence-electron chi connectivity index (χ3n) is 2.74. The normalized spacial score (nSPS) is 10.3. The van der Waals surface area contributed by atoms with E-state index in [0.717, 1.165) is 25.7 Å². The number of carbonyl (C=O) groups is 1. The number of amides is 1. The van der Waals surface area contributed by atoms with E-state index in [-0.39, 0.29) is 5.91 Å². The van der Waals surface area contributed by atoms with Crippen molar-refractivity contribution >= 4 is 28.5 Å². The zero-order valence-electron chi connectivity index (χ0n) is 10.6. The van der Waals surface area contributed by atoms with E-state index in [1.54, 1.807) is 0 Å². The maximum absolute atomic E-state index is 11.4. The van der Waals surface area contributed by atoms with Crippen LogP contribution < -0.4 is 11.1 Å². The molecule has 0 aliphatic rings. The van der Waals surface area contributed by atoms with Gasteiger partial charge in [-0.2, -0.15) is 0 Å². The van der Waals surface area contributed by atoms with Crippen molar-refractivity contribution in [1.29, 1.82) is 0 Å². The molecular formula is C14H21IN2O. The largest absolute Gasteiger partial charge is 0.356 e. The van der Waals surface area contributed by atoms with Gasteiger partial charge < -0.3 is 11.1 Å². The molecule has 18 heavy (non-hydrogen) atoms. The molecule has 4 heteroatoms. The second-order valence-electron chi connectivity index (χ2n) is 4.33. The van der Waals surface area contributed by atoms with Crippen molar-refractivity contribution in [3.63, 3.8) is 0 Å². The molecule has 0 radical (unpaired) electrons. The first kappa shape index (κ1) is 15.4. The van der Waals surface area contributed by atoms with Crippen molar-refractivity contribution in [2.24, 2.45) is 5.73 Å². The summed E-state index contributed by atoms with van der Waals surface area (Å²) in [6, 6.07) is 8.55. The summed E-state index contributed by atoms with van der Waals surface area (Å²) in [6.07, 6.45) is 4.53. The van der Waals surface area contributed by atoms with E-state index in [1.807, 2.05) is 0 Å². The molecule has 100 valence electrons. The van der Waals surface area contributed by atoms with Crippen molar-refractivity contribution in [2.75, 3.05) is 13.1 Å². The van der Waals surface area contributed by atoms with Gasteiger partial charge in [0.05, 0.1) is 0 Å². The molecule has 0 aliphatic carbocycles. The number of hydrogen-bond acceptors (Lipinski definition) is 2. The Labute approximate surface area is 123 Å². The lowest BCUT2D eigenvalue weighted by atomic mass is 10.1. The number of aryl methyl sites for hydroxylation is 1. The molecule has 1 rings (SSSR count). The van der Waals surface area contributed by atoms with Crippen LogP contribution in [0.3, 0.4) is 0 Å². The van der Waals surface area contributed by atoms with E-state index in [4.69, 9.17) is 5.73 Å². The number of nitrogens with two attached hydrogens (primary N) is 1. The number of rotatable bonds is 8. The monoisotopic (exact) mass is 360 g/mol. The van der Waals surface area contributed by atoms with Crippen LogP contribution >= 0.6 is 22.6 Å². The summed E-state index contributed by atoms with van der Waals surface area (Å²) >= 11 is 2.30. The van der Waals surface area contributed by atoms with E-state index >= 15 is 0 Å². The lowest BCUT2D eigenvalue weighted by molar-refractivity contribution is -0.121. The van der Waals surface area contributed by atoms with Crippen LogP contribution in [0.2, 0.25) is 0 Å². The fourth-order valence-corrected chi connectivity index (χ4v) is 2.04. The fourth-order valence-electron chi connectivity index (χ4n) is 1.68. The number of hydrogen-bond donors (Lipinski definition) is 2. The molecule has 0 saturated carbocycles. The van der Waals surface area contributed by atoms with Crippen LogP contribution in [0, 0.1) is 3.57 Å². The Morgan fingerprint density at radius 2 is 1.89 bits per heavy atom. The molecule has 0 spiro atoms. The maximum Gasteiger partial charge on any atom is 0.219 e. The number of nitrogens with one attached hydrogen (secondary N) is 1. The Morgan fingerprint density at radius 3 is 2.56 bits per heavy atom.